The van der Waals surface area contributed by atoms with Crippen LogP contribution >= 0.6 is 11.6 Å². The number of rotatable bonds is 6. The van der Waals surface area contributed by atoms with E-state index in [0.29, 0.717) is 42.1 Å². The Morgan fingerprint density at radius 2 is 2.24 bits per heavy atom. The number of hydrogen-bond acceptors (Lipinski definition) is 2. The smallest absolute Gasteiger partial charge is 0.221 e. The number of nitrogens with one attached hydrogen (secondary N) is 1. The third kappa shape index (κ3) is 3.73. The van der Waals surface area contributed by atoms with E-state index in [9.17, 15) is 9.18 Å². The van der Waals surface area contributed by atoms with E-state index < -0.39 is 0 Å². The molecular formula is C15H19ClFN3O. The maximum absolute atomic E-state index is 13.8. The van der Waals surface area contributed by atoms with Crippen LogP contribution in [0.2, 0.25) is 0 Å². The molecule has 4 nitrogen and oxygen atoms in total. The van der Waals surface area contributed by atoms with Crippen LogP contribution in [0.15, 0.2) is 18.2 Å². The van der Waals surface area contributed by atoms with Crippen molar-refractivity contribution in [3.05, 3.63) is 29.8 Å². The molecule has 1 N–H and O–H groups in total. The number of carbonyl (C=O) groups is 1. The zero-order valence-corrected chi connectivity index (χ0v) is 13.0. The van der Waals surface area contributed by atoms with Gasteiger partial charge in [-0.25, -0.2) is 9.37 Å². The number of alkyl halides is 1. The molecular weight excluding hydrogens is 293 g/mol. The summed E-state index contributed by atoms with van der Waals surface area (Å²) in [6.45, 7) is 4.29. The van der Waals surface area contributed by atoms with Gasteiger partial charge in [0.05, 0.1) is 5.52 Å². The number of halogens is 2. The van der Waals surface area contributed by atoms with Gasteiger partial charge in [-0.2, -0.15) is 0 Å². The molecule has 1 aromatic heterocycles. The second-order valence-electron chi connectivity index (χ2n) is 5.20. The topological polar surface area (TPSA) is 46.9 Å². The zero-order chi connectivity index (χ0) is 15.4. The average Bonchev–Trinajstić information content (AvgIpc) is 2.75. The van der Waals surface area contributed by atoms with E-state index in [1.165, 1.54) is 6.07 Å². The first kappa shape index (κ1) is 15.8. The third-order valence-corrected chi connectivity index (χ3v) is 3.33. The molecule has 2 rings (SSSR count). The summed E-state index contributed by atoms with van der Waals surface area (Å²) in [7, 11) is 0. The van der Waals surface area contributed by atoms with Gasteiger partial charge in [-0.05, 0) is 26.0 Å². The minimum absolute atomic E-state index is 0.0277. The first-order valence-corrected chi connectivity index (χ1v) is 7.55. The predicted molar refractivity (Wildman–Crippen MR) is 82.0 cm³/mol. The molecule has 0 atom stereocenters. The first-order chi connectivity index (χ1) is 10.0. The van der Waals surface area contributed by atoms with Crippen LogP contribution in [0.4, 0.5) is 4.39 Å². The first-order valence-electron chi connectivity index (χ1n) is 7.02. The summed E-state index contributed by atoms with van der Waals surface area (Å²) in [5, 5.41) is 2.84. The molecule has 6 heteroatoms. The lowest BCUT2D eigenvalue weighted by Crippen LogP contribution is -2.30. The van der Waals surface area contributed by atoms with E-state index >= 15 is 0 Å². The van der Waals surface area contributed by atoms with Gasteiger partial charge in [0.1, 0.15) is 11.3 Å². The second kappa shape index (κ2) is 6.89. The summed E-state index contributed by atoms with van der Waals surface area (Å²) in [6.07, 6.45) is 0.872. The van der Waals surface area contributed by atoms with Crippen LogP contribution < -0.4 is 5.32 Å². The molecule has 0 unspecified atom stereocenters. The fourth-order valence-corrected chi connectivity index (χ4v) is 2.46. The van der Waals surface area contributed by atoms with E-state index in [2.05, 4.69) is 10.3 Å². The Labute approximate surface area is 128 Å². The van der Waals surface area contributed by atoms with Gasteiger partial charge >= 0.3 is 0 Å². The molecule has 0 saturated heterocycles. The molecule has 0 aliphatic heterocycles. The molecule has 2 aromatic rings. The second-order valence-corrected chi connectivity index (χ2v) is 5.58. The molecule has 0 fully saturated rings. The minimum Gasteiger partial charge on any atom is -0.354 e. The molecule has 1 heterocycles. The van der Waals surface area contributed by atoms with Crippen molar-refractivity contribution in [2.75, 3.05) is 5.88 Å². The van der Waals surface area contributed by atoms with Crippen LogP contribution in [0, 0.1) is 5.82 Å². The van der Waals surface area contributed by atoms with Crippen molar-refractivity contribution in [3.8, 4) is 0 Å². The van der Waals surface area contributed by atoms with Crippen LogP contribution in [-0.4, -0.2) is 27.4 Å². The molecule has 0 bridgehead atoms. The number of amides is 1. The lowest BCUT2D eigenvalue weighted by Gasteiger charge is -2.11. The van der Waals surface area contributed by atoms with Gasteiger partial charge in [0.25, 0.3) is 0 Å². The summed E-state index contributed by atoms with van der Waals surface area (Å²) in [4.78, 5) is 16.1. The molecule has 0 aliphatic carbocycles. The molecule has 114 valence electrons. The Morgan fingerprint density at radius 1 is 1.48 bits per heavy atom. The van der Waals surface area contributed by atoms with E-state index in [1.54, 1.807) is 6.07 Å². The molecule has 1 aromatic carbocycles. The highest BCUT2D eigenvalue weighted by atomic mass is 35.5. The van der Waals surface area contributed by atoms with E-state index in [4.69, 9.17) is 11.6 Å². The zero-order valence-electron chi connectivity index (χ0n) is 12.2. The monoisotopic (exact) mass is 311 g/mol. The number of aryl methyl sites for hydroxylation is 2. The molecule has 0 spiro atoms. The van der Waals surface area contributed by atoms with Crippen LogP contribution in [0.1, 0.15) is 26.1 Å². The van der Waals surface area contributed by atoms with Gasteiger partial charge in [0, 0.05) is 31.3 Å². The number of imidazole rings is 1. The van der Waals surface area contributed by atoms with Crippen molar-refractivity contribution < 1.29 is 9.18 Å². The van der Waals surface area contributed by atoms with Crippen molar-refractivity contribution in [2.24, 2.45) is 0 Å². The van der Waals surface area contributed by atoms with Gasteiger partial charge < -0.3 is 9.88 Å². The minimum atomic E-state index is -0.353. The summed E-state index contributed by atoms with van der Waals surface area (Å²) in [5.41, 5.74) is 1.04. The standard InChI is InChI=1S/C15H19ClFN3O/c1-10(2)18-14(21)7-9-20-12-5-3-4-11(17)15(12)19-13(20)6-8-16/h3-5,10H,6-9H2,1-2H3,(H,18,21). The van der Waals surface area contributed by atoms with E-state index in [0.717, 1.165) is 0 Å². The molecule has 0 radical (unpaired) electrons. The van der Waals surface area contributed by atoms with Crippen LogP contribution in [-0.2, 0) is 17.8 Å². The Hall–Kier alpha value is -1.62. The van der Waals surface area contributed by atoms with Crippen LogP contribution in [0.3, 0.4) is 0 Å². The molecule has 21 heavy (non-hydrogen) atoms. The highest BCUT2D eigenvalue weighted by Gasteiger charge is 2.14. The van der Waals surface area contributed by atoms with E-state index in [-0.39, 0.29) is 17.8 Å². The Balaban J connectivity index is 2.26. The van der Waals surface area contributed by atoms with Crippen molar-refractivity contribution in [1.29, 1.82) is 0 Å². The summed E-state index contributed by atoms with van der Waals surface area (Å²) in [5.74, 6) is 0.736. The lowest BCUT2D eigenvalue weighted by atomic mass is 10.3. The summed E-state index contributed by atoms with van der Waals surface area (Å²) in [6, 6.07) is 4.95. The summed E-state index contributed by atoms with van der Waals surface area (Å²) >= 11 is 5.78. The number of nitrogens with zero attached hydrogens (tertiary/aromatic N) is 2. The predicted octanol–water partition coefficient (Wildman–Crippen LogP) is 2.87. The maximum atomic E-state index is 13.8. The number of hydrogen-bond donors (Lipinski definition) is 1. The average molecular weight is 312 g/mol. The normalized spacial score (nSPS) is 11.3. The highest BCUT2D eigenvalue weighted by Crippen LogP contribution is 2.20. The van der Waals surface area contributed by atoms with Gasteiger partial charge in [0.2, 0.25) is 5.91 Å². The lowest BCUT2D eigenvalue weighted by molar-refractivity contribution is -0.121. The fraction of sp³-hybridized carbons (Fsp3) is 0.467. The molecule has 0 saturated carbocycles. The van der Waals surface area contributed by atoms with Gasteiger partial charge in [-0.15, -0.1) is 11.6 Å². The van der Waals surface area contributed by atoms with Crippen LogP contribution in [0.25, 0.3) is 11.0 Å². The molecule has 0 aliphatic rings. The van der Waals surface area contributed by atoms with Crippen molar-refractivity contribution in [2.45, 2.75) is 39.3 Å². The van der Waals surface area contributed by atoms with Gasteiger partial charge in [-0.1, -0.05) is 6.07 Å². The Kier molecular flexibility index (Phi) is 5.17. The number of para-hydroxylation sites is 1. The molecule has 1 amide bonds. The largest absolute Gasteiger partial charge is 0.354 e. The quantitative estimate of drug-likeness (QED) is 0.834. The van der Waals surface area contributed by atoms with Crippen molar-refractivity contribution in [1.82, 2.24) is 14.9 Å². The highest BCUT2D eigenvalue weighted by molar-refractivity contribution is 6.17. The third-order valence-electron chi connectivity index (χ3n) is 3.14. The van der Waals surface area contributed by atoms with Gasteiger partial charge in [-0.3, -0.25) is 4.79 Å². The van der Waals surface area contributed by atoms with Crippen molar-refractivity contribution in [3.63, 3.8) is 0 Å². The Bertz CT molecular complexity index is 639. The number of fused-ring (bicyclic) bond motifs is 1. The number of aromatic nitrogens is 2. The Morgan fingerprint density at radius 3 is 2.90 bits per heavy atom. The van der Waals surface area contributed by atoms with Crippen LogP contribution in [0.5, 0.6) is 0 Å². The SMILES string of the molecule is CC(C)NC(=O)CCn1c(CCCl)nc2c(F)cccc21. The maximum Gasteiger partial charge on any atom is 0.221 e. The number of benzene rings is 1. The number of carbonyl (C=O) groups excluding carboxylic acids is 1. The van der Waals surface area contributed by atoms with Crippen molar-refractivity contribution >= 4 is 28.5 Å². The fourth-order valence-electron chi connectivity index (χ4n) is 2.29. The van der Waals surface area contributed by atoms with E-state index in [1.807, 2.05) is 24.5 Å². The van der Waals surface area contributed by atoms with Gasteiger partial charge in [0.15, 0.2) is 5.82 Å². The summed E-state index contributed by atoms with van der Waals surface area (Å²) < 4.78 is 15.7.